The third kappa shape index (κ3) is 7.19. The topological polar surface area (TPSA) is 59.6 Å². The summed E-state index contributed by atoms with van der Waals surface area (Å²) in [7, 11) is 0. The number of hydrogen-bond donors (Lipinski definition) is 2. The van der Waals surface area contributed by atoms with Crippen LogP contribution in [0.15, 0.2) is 48.5 Å². The number of benzene rings is 2. The summed E-state index contributed by atoms with van der Waals surface area (Å²) < 4.78 is 11.4. The highest BCUT2D eigenvalue weighted by Crippen LogP contribution is 2.20. The third-order valence-corrected chi connectivity index (χ3v) is 3.99. The predicted molar refractivity (Wildman–Crippen MR) is 117 cm³/mol. The van der Waals surface area contributed by atoms with Gasteiger partial charge < -0.3 is 14.8 Å². The Hall–Kier alpha value is -2.60. The zero-order chi connectivity index (χ0) is 20.4. The molecule has 0 unspecified atom stereocenters. The zero-order valence-corrected chi connectivity index (χ0v) is 17.5. The number of carbonyl (C=O) groups is 1. The molecule has 0 spiro atoms. The maximum absolute atomic E-state index is 12.6. The van der Waals surface area contributed by atoms with E-state index >= 15 is 0 Å². The smallest absolute Gasteiger partial charge is 0.261 e. The van der Waals surface area contributed by atoms with E-state index in [9.17, 15) is 4.79 Å². The maximum Gasteiger partial charge on any atom is 0.261 e. The summed E-state index contributed by atoms with van der Waals surface area (Å²) in [6.45, 7) is 7.49. The first-order valence-electron chi connectivity index (χ1n) is 9.56. The van der Waals surface area contributed by atoms with Gasteiger partial charge in [-0.1, -0.05) is 45.4 Å². The molecule has 150 valence electrons. The fraction of sp³-hybridized carbons (Fsp3) is 0.364. The average molecular weight is 401 g/mol. The van der Waals surface area contributed by atoms with Gasteiger partial charge in [0.1, 0.15) is 11.5 Å². The molecule has 0 radical (unpaired) electrons. The highest BCUT2D eigenvalue weighted by molar-refractivity contribution is 7.80. The summed E-state index contributed by atoms with van der Waals surface area (Å²) in [5.74, 6) is 1.44. The van der Waals surface area contributed by atoms with Gasteiger partial charge in [0.05, 0.1) is 18.8 Å². The van der Waals surface area contributed by atoms with Crippen molar-refractivity contribution in [3.8, 4) is 11.5 Å². The molecule has 0 aliphatic carbocycles. The van der Waals surface area contributed by atoms with E-state index in [0.717, 1.165) is 24.3 Å². The molecule has 0 fully saturated rings. The molecule has 0 saturated heterocycles. The number of unbranched alkanes of at least 4 members (excludes halogenated alkanes) is 1. The van der Waals surface area contributed by atoms with E-state index in [1.54, 1.807) is 18.2 Å². The van der Waals surface area contributed by atoms with E-state index in [-0.39, 0.29) is 11.0 Å². The first-order valence-corrected chi connectivity index (χ1v) is 9.97. The maximum atomic E-state index is 12.6. The van der Waals surface area contributed by atoms with Crippen LogP contribution in [0.1, 0.15) is 44.0 Å². The van der Waals surface area contributed by atoms with Gasteiger partial charge in [-0.2, -0.15) is 0 Å². The molecule has 0 saturated carbocycles. The van der Waals surface area contributed by atoms with Crippen molar-refractivity contribution in [3.05, 3.63) is 54.1 Å². The third-order valence-electron chi connectivity index (χ3n) is 3.79. The van der Waals surface area contributed by atoms with Crippen molar-refractivity contribution in [1.29, 1.82) is 0 Å². The van der Waals surface area contributed by atoms with Crippen molar-refractivity contribution in [2.24, 2.45) is 5.92 Å². The minimum atomic E-state index is -0.309. The van der Waals surface area contributed by atoms with Crippen LogP contribution >= 0.6 is 12.2 Å². The number of thiocarbonyl (C=S) groups is 1. The fourth-order valence-corrected chi connectivity index (χ4v) is 2.58. The Balaban J connectivity index is 1.96. The second-order valence-electron chi connectivity index (χ2n) is 6.84. The molecule has 0 bridgehead atoms. The van der Waals surface area contributed by atoms with Gasteiger partial charge in [0.15, 0.2) is 5.11 Å². The van der Waals surface area contributed by atoms with Crippen LogP contribution in [-0.4, -0.2) is 24.2 Å². The SMILES string of the molecule is CCCCOc1ccccc1C(=O)NC(=S)Nc1cccc(OCC(C)C)c1. The summed E-state index contributed by atoms with van der Waals surface area (Å²) in [6.07, 6.45) is 1.97. The van der Waals surface area contributed by atoms with E-state index in [0.29, 0.717) is 30.4 Å². The van der Waals surface area contributed by atoms with Crippen LogP contribution in [0.3, 0.4) is 0 Å². The molecule has 5 nitrogen and oxygen atoms in total. The number of hydrogen-bond acceptors (Lipinski definition) is 4. The molecule has 1 amide bonds. The largest absolute Gasteiger partial charge is 0.493 e. The van der Waals surface area contributed by atoms with Gasteiger partial charge in [-0.05, 0) is 48.8 Å². The molecule has 2 N–H and O–H groups in total. The number of ether oxygens (including phenoxy) is 2. The van der Waals surface area contributed by atoms with Gasteiger partial charge in [-0.15, -0.1) is 0 Å². The van der Waals surface area contributed by atoms with Crippen molar-refractivity contribution in [1.82, 2.24) is 5.32 Å². The normalized spacial score (nSPS) is 10.4. The van der Waals surface area contributed by atoms with Crippen molar-refractivity contribution < 1.29 is 14.3 Å². The Morgan fingerprint density at radius 3 is 2.64 bits per heavy atom. The molecule has 28 heavy (non-hydrogen) atoms. The van der Waals surface area contributed by atoms with E-state index < -0.39 is 0 Å². The molecule has 6 heteroatoms. The molecular formula is C22H28N2O3S. The van der Waals surface area contributed by atoms with Gasteiger partial charge in [0.2, 0.25) is 0 Å². The van der Waals surface area contributed by atoms with Gasteiger partial charge >= 0.3 is 0 Å². The summed E-state index contributed by atoms with van der Waals surface area (Å²) in [5, 5.41) is 5.94. The van der Waals surface area contributed by atoms with Crippen LogP contribution in [0.25, 0.3) is 0 Å². The molecular weight excluding hydrogens is 372 g/mol. The summed E-state index contributed by atoms with van der Waals surface area (Å²) in [5.41, 5.74) is 1.20. The first-order chi connectivity index (χ1) is 13.5. The lowest BCUT2D eigenvalue weighted by Gasteiger charge is -2.14. The van der Waals surface area contributed by atoms with Crippen molar-refractivity contribution in [2.75, 3.05) is 18.5 Å². The minimum Gasteiger partial charge on any atom is -0.493 e. The Kier molecular flexibility index (Phi) is 8.75. The van der Waals surface area contributed by atoms with Crippen LogP contribution in [-0.2, 0) is 0 Å². The number of carbonyl (C=O) groups excluding carboxylic acids is 1. The number of nitrogens with one attached hydrogen (secondary N) is 2. The quantitative estimate of drug-likeness (QED) is 0.457. The number of anilines is 1. The minimum absolute atomic E-state index is 0.217. The Morgan fingerprint density at radius 1 is 1.11 bits per heavy atom. The lowest BCUT2D eigenvalue weighted by Crippen LogP contribution is -2.34. The van der Waals surface area contributed by atoms with Crippen LogP contribution in [0, 0.1) is 5.92 Å². The monoisotopic (exact) mass is 400 g/mol. The first kappa shape index (κ1) is 21.7. The predicted octanol–water partition coefficient (Wildman–Crippen LogP) is 5.03. The zero-order valence-electron chi connectivity index (χ0n) is 16.7. The van der Waals surface area contributed by atoms with Crippen molar-refractivity contribution in [3.63, 3.8) is 0 Å². The standard InChI is InChI=1S/C22H28N2O3S/c1-4-5-13-26-20-12-7-6-11-19(20)21(25)24-22(28)23-17-9-8-10-18(14-17)27-15-16(2)3/h6-12,14,16H,4-5,13,15H2,1-3H3,(H2,23,24,25,28). The molecule has 2 rings (SSSR count). The van der Waals surface area contributed by atoms with Crippen LogP contribution in [0.4, 0.5) is 5.69 Å². The Bertz CT molecular complexity index is 793. The second-order valence-corrected chi connectivity index (χ2v) is 7.25. The van der Waals surface area contributed by atoms with E-state index in [1.807, 2.05) is 30.3 Å². The second kappa shape index (κ2) is 11.3. The lowest BCUT2D eigenvalue weighted by atomic mass is 10.2. The molecule has 0 aliphatic heterocycles. The van der Waals surface area contributed by atoms with Gasteiger partial charge in [0.25, 0.3) is 5.91 Å². The summed E-state index contributed by atoms with van der Waals surface area (Å²) >= 11 is 5.29. The van der Waals surface area contributed by atoms with Gasteiger partial charge in [-0.25, -0.2) is 0 Å². The highest BCUT2D eigenvalue weighted by atomic mass is 32.1. The van der Waals surface area contributed by atoms with Gasteiger partial charge in [-0.3, -0.25) is 10.1 Å². The molecule has 0 atom stereocenters. The van der Waals surface area contributed by atoms with Crippen molar-refractivity contribution >= 4 is 28.9 Å². The molecule has 2 aromatic rings. The summed E-state index contributed by atoms with van der Waals surface area (Å²) in [4.78, 5) is 12.6. The highest BCUT2D eigenvalue weighted by Gasteiger charge is 2.13. The number of amides is 1. The van der Waals surface area contributed by atoms with E-state index in [4.69, 9.17) is 21.7 Å². The molecule has 2 aromatic carbocycles. The number of rotatable bonds is 9. The number of para-hydroxylation sites is 1. The van der Waals surface area contributed by atoms with Crippen molar-refractivity contribution in [2.45, 2.75) is 33.6 Å². The van der Waals surface area contributed by atoms with Crippen LogP contribution in [0.2, 0.25) is 0 Å². The van der Waals surface area contributed by atoms with Gasteiger partial charge in [0, 0.05) is 11.8 Å². The molecule has 0 heterocycles. The molecule has 0 aromatic heterocycles. The van der Waals surface area contributed by atoms with Crippen LogP contribution < -0.4 is 20.1 Å². The Labute approximate surface area is 172 Å². The van der Waals surface area contributed by atoms with E-state index in [1.165, 1.54) is 0 Å². The Morgan fingerprint density at radius 2 is 1.89 bits per heavy atom. The fourth-order valence-electron chi connectivity index (χ4n) is 2.37. The lowest BCUT2D eigenvalue weighted by molar-refractivity contribution is 0.0973. The van der Waals surface area contributed by atoms with Crippen LogP contribution in [0.5, 0.6) is 11.5 Å². The summed E-state index contributed by atoms with van der Waals surface area (Å²) in [6, 6.07) is 14.6. The molecule has 0 aliphatic rings. The van der Waals surface area contributed by atoms with E-state index in [2.05, 4.69) is 31.4 Å². The average Bonchev–Trinajstić information content (AvgIpc) is 2.67.